The number of nitrogens with zero attached hydrogens (tertiary/aromatic N) is 5. The smallest absolute Gasteiger partial charge is 0.298 e. The van der Waals surface area contributed by atoms with Gasteiger partial charge in [0.25, 0.3) is 6.01 Å². The predicted octanol–water partition coefficient (Wildman–Crippen LogP) is 0.438. The van der Waals surface area contributed by atoms with Gasteiger partial charge >= 0.3 is 0 Å². The zero-order valence-corrected chi connectivity index (χ0v) is 9.22. The summed E-state index contributed by atoms with van der Waals surface area (Å²) in [4.78, 5) is 14.6. The van der Waals surface area contributed by atoms with Crippen LogP contribution in [0.15, 0.2) is 6.33 Å². The third-order valence-electron chi connectivity index (χ3n) is 2.20. The molecule has 0 fully saturated rings. The summed E-state index contributed by atoms with van der Waals surface area (Å²) in [6.45, 7) is 0. The molecule has 2 aromatic rings. The molecule has 0 amide bonds. The number of methoxy groups -OCH3 is 1. The van der Waals surface area contributed by atoms with Crippen LogP contribution in [0.2, 0.25) is 0 Å². The number of imidazole rings is 1. The van der Waals surface area contributed by atoms with E-state index < -0.39 is 0 Å². The quantitative estimate of drug-likeness (QED) is 0.715. The number of aryl methyl sites for hydroxylation is 1. The number of anilines is 1. The van der Waals surface area contributed by atoms with Gasteiger partial charge in [0.05, 0.1) is 7.11 Å². The molecule has 0 saturated carbocycles. The Morgan fingerprint density at radius 2 is 2.07 bits per heavy atom. The minimum Gasteiger partial charge on any atom is -0.468 e. The van der Waals surface area contributed by atoms with E-state index in [9.17, 15) is 0 Å². The Balaban J connectivity index is 2.76. The fourth-order valence-corrected chi connectivity index (χ4v) is 1.48. The second-order valence-electron chi connectivity index (χ2n) is 3.42. The van der Waals surface area contributed by atoms with Crippen LogP contribution < -0.4 is 9.64 Å². The Morgan fingerprint density at radius 1 is 1.33 bits per heavy atom. The van der Waals surface area contributed by atoms with Crippen molar-refractivity contribution >= 4 is 17.0 Å². The minimum atomic E-state index is 0.536. The first-order valence-electron chi connectivity index (χ1n) is 4.54. The standard InChI is InChI=1S/C9H13N5O/c1-13(2)7-6-8(11-5-10-7)14(3)9(12-6)15-4/h5H,1-4H3. The fourth-order valence-electron chi connectivity index (χ4n) is 1.48. The normalized spacial score (nSPS) is 10.7. The maximum Gasteiger partial charge on any atom is 0.298 e. The lowest BCUT2D eigenvalue weighted by Gasteiger charge is -2.10. The lowest BCUT2D eigenvalue weighted by atomic mass is 10.5. The van der Waals surface area contributed by atoms with Crippen LogP contribution >= 0.6 is 0 Å². The van der Waals surface area contributed by atoms with Gasteiger partial charge in [-0.15, -0.1) is 0 Å². The van der Waals surface area contributed by atoms with Crippen LogP contribution in [0.4, 0.5) is 5.82 Å². The summed E-state index contributed by atoms with van der Waals surface area (Å²) in [5.41, 5.74) is 1.52. The van der Waals surface area contributed by atoms with Crippen LogP contribution in [0, 0.1) is 0 Å². The first-order valence-corrected chi connectivity index (χ1v) is 4.54. The fraction of sp³-hybridized carbons (Fsp3) is 0.444. The Bertz CT molecular complexity index is 490. The maximum atomic E-state index is 5.13. The highest BCUT2D eigenvalue weighted by molar-refractivity contribution is 5.84. The average Bonchev–Trinajstić information content (AvgIpc) is 2.55. The second kappa shape index (κ2) is 3.38. The maximum absolute atomic E-state index is 5.13. The molecule has 0 radical (unpaired) electrons. The molecule has 2 aromatic heterocycles. The van der Waals surface area contributed by atoms with Gasteiger partial charge in [0, 0.05) is 21.1 Å². The van der Waals surface area contributed by atoms with Gasteiger partial charge in [0.15, 0.2) is 17.0 Å². The lowest BCUT2D eigenvalue weighted by molar-refractivity contribution is 0.368. The molecule has 0 aliphatic rings. The van der Waals surface area contributed by atoms with E-state index in [1.807, 2.05) is 26.0 Å². The summed E-state index contributed by atoms with van der Waals surface area (Å²) in [6.07, 6.45) is 1.53. The highest BCUT2D eigenvalue weighted by Gasteiger charge is 2.14. The number of aromatic nitrogens is 4. The van der Waals surface area contributed by atoms with Crippen molar-refractivity contribution in [3.8, 4) is 6.01 Å². The molecule has 2 rings (SSSR count). The molecule has 6 nitrogen and oxygen atoms in total. The van der Waals surface area contributed by atoms with Crippen molar-refractivity contribution in [2.45, 2.75) is 0 Å². The number of hydrogen-bond acceptors (Lipinski definition) is 5. The van der Waals surface area contributed by atoms with E-state index in [4.69, 9.17) is 4.74 Å². The summed E-state index contributed by atoms with van der Waals surface area (Å²) in [6, 6.07) is 0.536. The van der Waals surface area contributed by atoms with Gasteiger partial charge in [0.2, 0.25) is 0 Å². The summed E-state index contributed by atoms with van der Waals surface area (Å²) in [7, 11) is 7.29. The van der Waals surface area contributed by atoms with E-state index in [2.05, 4.69) is 15.0 Å². The van der Waals surface area contributed by atoms with Crippen molar-refractivity contribution in [2.75, 3.05) is 26.1 Å². The van der Waals surface area contributed by atoms with Crippen molar-refractivity contribution in [3.05, 3.63) is 6.33 Å². The van der Waals surface area contributed by atoms with Gasteiger partial charge in [-0.2, -0.15) is 4.98 Å². The lowest BCUT2D eigenvalue weighted by Crippen LogP contribution is -2.11. The highest BCUT2D eigenvalue weighted by Crippen LogP contribution is 2.23. The van der Waals surface area contributed by atoms with Gasteiger partial charge in [-0.05, 0) is 0 Å². The van der Waals surface area contributed by atoms with E-state index >= 15 is 0 Å². The molecule has 0 unspecified atom stereocenters. The van der Waals surface area contributed by atoms with Gasteiger partial charge < -0.3 is 9.64 Å². The molecule has 15 heavy (non-hydrogen) atoms. The monoisotopic (exact) mass is 207 g/mol. The minimum absolute atomic E-state index is 0.536. The highest BCUT2D eigenvalue weighted by atomic mass is 16.5. The summed E-state index contributed by atoms with van der Waals surface area (Å²) >= 11 is 0. The summed E-state index contributed by atoms with van der Waals surface area (Å²) < 4.78 is 6.93. The molecule has 80 valence electrons. The van der Waals surface area contributed by atoms with Crippen molar-refractivity contribution in [3.63, 3.8) is 0 Å². The summed E-state index contributed by atoms with van der Waals surface area (Å²) in [5.74, 6) is 0.791. The van der Waals surface area contributed by atoms with Gasteiger partial charge in [0.1, 0.15) is 6.33 Å². The molecule has 0 spiro atoms. The third-order valence-corrected chi connectivity index (χ3v) is 2.20. The zero-order valence-electron chi connectivity index (χ0n) is 9.22. The molecule has 2 heterocycles. The SMILES string of the molecule is COc1nc2c(N(C)C)ncnc2n1C. The molecular weight excluding hydrogens is 194 g/mol. The van der Waals surface area contributed by atoms with E-state index in [-0.39, 0.29) is 0 Å². The van der Waals surface area contributed by atoms with Crippen molar-refractivity contribution in [1.29, 1.82) is 0 Å². The van der Waals surface area contributed by atoms with E-state index in [1.54, 1.807) is 11.7 Å². The van der Waals surface area contributed by atoms with Gasteiger partial charge in [-0.3, -0.25) is 4.57 Å². The van der Waals surface area contributed by atoms with Crippen LogP contribution in [0.5, 0.6) is 6.01 Å². The molecule has 0 aliphatic heterocycles. The molecule has 0 aromatic carbocycles. The van der Waals surface area contributed by atoms with Crippen LogP contribution in [-0.4, -0.2) is 40.7 Å². The van der Waals surface area contributed by atoms with Crippen molar-refractivity contribution in [2.24, 2.45) is 7.05 Å². The first kappa shape index (κ1) is 9.70. The predicted molar refractivity (Wildman–Crippen MR) is 57.2 cm³/mol. The molecule has 0 saturated heterocycles. The second-order valence-corrected chi connectivity index (χ2v) is 3.42. The number of ether oxygens (including phenoxy) is 1. The van der Waals surface area contributed by atoms with E-state index in [1.165, 1.54) is 6.33 Å². The number of hydrogen-bond donors (Lipinski definition) is 0. The molecule has 6 heteroatoms. The molecule has 0 atom stereocenters. The Morgan fingerprint density at radius 3 is 2.67 bits per heavy atom. The largest absolute Gasteiger partial charge is 0.468 e. The van der Waals surface area contributed by atoms with Crippen LogP contribution in [-0.2, 0) is 7.05 Å². The van der Waals surface area contributed by atoms with Crippen LogP contribution in [0.1, 0.15) is 0 Å². The van der Waals surface area contributed by atoms with Gasteiger partial charge in [-0.25, -0.2) is 9.97 Å². The van der Waals surface area contributed by atoms with Crippen molar-refractivity contribution < 1.29 is 4.74 Å². The third kappa shape index (κ3) is 1.38. The van der Waals surface area contributed by atoms with Gasteiger partial charge in [-0.1, -0.05) is 0 Å². The summed E-state index contributed by atoms with van der Waals surface area (Å²) in [5, 5.41) is 0. The zero-order chi connectivity index (χ0) is 11.0. The van der Waals surface area contributed by atoms with E-state index in [0.717, 1.165) is 17.0 Å². The Kier molecular flexibility index (Phi) is 2.18. The number of fused-ring (bicyclic) bond motifs is 1. The van der Waals surface area contributed by atoms with Crippen molar-refractivity contribution in [1.82, 2.24) is 19.5 Å². The number of rotatable bonds is 2. The topological polar surface area (TPSA) is 56.1 Å². The molecular formula is C9H13N5O. The Labute approximate surface area is 87.5 Å². The van der Waals surface area contributed by atoms with Crippen LogP contribution in [0.3, 0.4) is 0 Å². The van der Waals surface area contributed by atoms with Crippen LogP contribution in [0.25, 0.3) is 11.2 Å². The first-order chi connectivity index (χ1) is 7.15. The average molecular weight is 207 g/mol. The van der Waals surface area contributed by atoms with E-state index in [0.29, 0.717) is 6.01 Å². The Hall–Kier alpha value is -1.85. The molecule has 0 aliphatic carbocycles. The molecule has 0 N–H and O–H groups in total. The molecule has 0 bridgehead atoms.